The summed E-state index contributed by atoms with van der Waals surface area (Å²) in [6.07, 6.45) is 4.43. The van der Waals surface area contributed by atoms with E-state index in [0.717, 1.165) is 50.0 Å². The Balaban J connectivity index is 1.41. The quantitative estimate of drug-likeness (QED) is 0.752. The van der Waals surface area contributed by atoms with Crippen molar-refractivity contribution in [2.24, 2.45) is 5.92 Å². The number of nitrogens with one attached hydrogen (secondary N) is 1. The molecule has 2 N–H and O–H groups in total. The molecule has 0 aliphatic heterocycles. The van der Waals surface area contributed by atoms with Crippen LogP contribution < -0.4 is 10.1 Å². The highest BCUT2D eigenvalue weighted by atomic mass is 16.5. The van der Waals surface area contributed by atoms with Crippen molar-refractivity contribution in [2.45, 2.75) is 44.8 Å². The zero-order chi connectivity index (χ0) is 18.2. The Bertz CT molecular complexity index is 694. The number of ether oxygens (including phenoxy) is 1. The molecule has 0 bridgehead atoms. The maximum Gasteiger partial charge on any atom is 0.306 e. The first-order chi connectivity index (χ1) is 12.7. The van der Waals surface area contributed by atoms with E-state index >= 15 is 0 Å². The van der Waals surface area contributed by atoms with Crippen LogP contribution in [0.5, 0.6) is 5.75 Å². The van der Waals surface area contributed by atoms with Crippen LogP contribution in [0.3, 0.4) is 0 Å². The Hall–Kier alpha value is -2.33. The van der Waals surface area contributed by atoms with Gasteiger partial charge in [0.2, 0.25) is 0 Å². The van der Waals surface area contributed by atoms with E-state index in [0.29, 0.717) is 12.6 Å². The molecule has 2 aromatic rings. The highest BCUT2D eigenvalue weighted by Gasteiger charge is 2.25. The molecule has 0 spiro atoms. The molecule has 4 heteroatoms. The Kier molecular flexibility index (Phi) is 6.67. The van der Waals surface area contributed by atoms with Crippen molar-refractivity contribution in [1.82, 2.24) is 5.32 Å². The van der Waals surface area contributed by atoms with Crippen LogP contribution in [0.2, 0.25) is 0 Å². The SMILES string of the molecule is O=C(O)C1CCC(NCCc2cccc(OCc3ccccc3)c2)CC1. The molecule has 1 aliphatic carbocycles. The minimum Gasteiger partial charge on any atom is -0.489 e. The highest BCUT2D eigenvalue weighted by molar-refractivity contribution is 5.70. The lowest BCUT2D eigenvalue weighted by atomic mass is 9.86. The normalized spacial score (nSPS) is 19.8. The van der Waals surface area contributed by atoms with Gasteiger partial charge < -0.3 is 15.2 Å². The van der Waals surface area contributed by atoms with E-state index in [2.05, 4.69) is 29.6 Å². The molecule has 0 unspecified atom stereocenters. The Morgan fingerprint density at radius 3 is 2.46 bits per heavy atom. The Labute approximate surface area is 155 Å². The first kappa shape index (κ1) is 18.5. The fourth-order valence-corrected chi connectivity index (χ4v) is 3.50. The van der Waals surface area contributed by atoms with E-state index in [4.69, 9.17) is 9.84 Å². The van der Waals surface area contributed by atoms with E-state index in [1.165, 1.54) is 5.56 Å². The van der Waals surface area contributed by atoms with Crippen molar-refractivity contribution in [1.29, 1.82) is 0 Å². The summed E-state index contributed by atoms with van der Waals surface area (Å²) in [6, 6.07) is 18.9. The fourth-order valence-electron chi connectivity index (χ4n) is 3.50. The van der Waals surface area contributed by atoms with E-state index in [-0.39, 0.29) is 5.92 Å². The van der Waals surface area contributed by atoms with Gasteiger partial charge in [-0.05, 0) is 61.9 Å². The second-order valence-electron chi connectivity index (χ2n) is 7.01. The predicted octanol–water partition coefficient (Wildman–Crippen LogP) is 4.04. The second-order valence-corrected chi connectivity index (χ2v) is 7.01. The van der Waals surface area contributed by atoms with Gasteiger partial charge in [-0.25, -0.2) is 0 Å². The van der Waals surface area contributed by atoms with Gasteiger partial charge in [0.1, 0.15) is 12.4 Å². The Morgan fingerprint density at radius 2 is 1.73 bits per heavy atom. The van der Waals surface area contributed by atoms with Gasteiger partial charge >= 0.3 is 5.97 Å². The smallest absolute Gasteiger partial charge is 0.306 e. The molecule has 1 saturated carbocycles. The molecule has 26 heavy (non-hydrogen) atoms. The molecule has 0 radical (unpaired) electrons. The van der Waals surface area contributed by atoms with Crippen LogP contribution in [0.15, 0.2) is 54.6 Å². The minimum absolute atomic E-state index is 0.147. The lowest BCUT2D eigenvalue weighted by molar-refractivity contribution is -0.142. The first-order valence-electron chi connectivity index (χ1n) is 9.42. The van der Waals surface area contributed by atoms with Crippen LogP contribution in [0.25, 0.3) is 0 Å². The molecular formula is C22H27NO3. The van der Waals surface area contributed by atoms with Gasteiger partial charge in [-0.2, -0.15) is 0 Å². The third kappa shape index (κ3) is 5.60. The summed E-state index contributed by atoms with van der Waals surface area (Å²) in [4.78, 5) is 11.0. The molecular weight excluding hydrogens is 326 g/mol. The van der Waals surface area contributed by atoms with Gasteiger partial charge in [-0.3, -0.25) is 4.79 Å². The van der Waals surface area contributed by atoms with Gasteiger partial charge in [0.15, 0.2) is 0 Å². The van der Waals surface area contributed by atoms with Crippen LogP contribution >= 0.6 is 0 Å². The summed E-state index contributed by atoms with van der Waals surface area (Å²) >= 11 is 0. The summed E-state index contributed by atoms with van der Waals surface area (Å²) in [7, 11) is 0. The number of rotatable bonds is 8. The summed E-state index contributed by atoms with van der Waals surface area (Å²) < 4.78 is 5.89. The molecule has 0 aromatic heterocycles. The van der Waals surface area contributed by atoms with Crippen molar-refractivity contribution in [3.05, 3.63) is 65.7 Å². The van der Waals surface area contributed by atoms with Crippen molar-refractivity contribution >= 4 is 5.97 Å². The van der Waals surface area contributed by atoms with Crippen molar-refractivity contribution in [2.75, 3.05) is 6.54 Å². The topological polar surface area (TPSA) is 58.6 Å². The molecule has 1 fully saturated rings. The monoisotopic (exact) mass is 353 g/mol. The van der Waals surface area contributed by atoms with Gasteiger partial charge in [-0.1, -0.05) is 42.5 Å². The average Bonchev–Trinajstić information content (AvgIpc) is 2.68. The maximum absolute atomic E-state index is 11.0. The highest BCUT2D eigenvalue weighted by Crippen LogP contribution is 2.24. The lowest BCUT2D eigenvalue weighted by Gasteiger charge is -2.27. The van der Waals surface area contributed by atoms with Crippen LogP contribution in [0.1, 0.15) is 36.8 Å². The molecule has 138 valence electrons. The summed E-state index contributed by atoms with van der Waals surface area (Å²) in [5, 5.41) is 12.6. The molecule has 0 amide bonds. The number of benzene rings is 2. The van der Waals surface area contributed by atoms with E-state index in [1.807, 2.05) is 30.3 Å². The van der Waals surface area contributed by atoms with E-state index in [1.54, 1.807) is 0 Å². The van der Waals surface area contributed by atoms with Crippen molar-refractivity contribution in [3.8, 4) is 5.75 Å². The second kappa shape index (κ2) is 9.39. The van der Waals surface area contributed by atoms with Crippen LogP contribution in [-0.4, -0.2) is 23.7 Å². The summed E-state index contributed by atoms with van der Waals surface area (Å²) in [5.74, 6) is 0.107. The number of hydrogen-bond acceptors (Lipinski definition) is 3. The van der Waals surface area contributed by atoms with Gasteiger partial charge in [0.05, 0.1) is 5.92 Å². The number of hydrogen-bond donors (Lipinski definition) is 2. The largest absolute Gasteiger partial charge is 0.489 e. The zero-order valence-corrected chi connectivity index (χ0v) is 15.1. The number of carboxylic acids is 1. The average molecular weight is 353 g/mol. The van der Waals surface area contributed by atoms with E-state index in [9.17, 15) is 4.79 Å². The Morgan fingerprint density at radius 1 is 1.00 bits per heavy atom. The van der Waals surface area contributed by atoms with Gasteiger partial charge in [-0.15, -0.1) is 0 Å². The molecule has 0 saturated heterocycles. The van der Waals surface area contributed by atoms with E-state index < -0.39 is 5.97 Å². The van der Waals surface area contributed by atoms with Crippen LogP contribution in [0.4, 0.5) is 0 Å². The fraction of sp³-hybridized carbons (Fsp3) is 0.409. The zero-order valence-electron chi connectivity index (χ0n) is 15.1. The first-order valence-corrected chi connectivity index (χ1v) is 9.42. The van der Waals surface area contributed by atoms with Crippen LogP contribution in [0, 0.1) is 5.92 Å². The van der Waals surface area contributed by atoms with Gasteiger partial charge in [0.25, 0.3) is 0 Å². The van der Waals surface area contributed by atoms with Crippen molar-refractivity contribution < 1.29 is 14.6 Å². The maximum atomic E-state index is 11.0. The standard InChI is InChI=1S/C22H27NO3/c24-22(25)19-9-11-20(12-10-19)23-14-13-17-7-4-8-21(15-17)26-16-18-5-2-1-3-6-18/h1-8,15,19-20,23H,9-14,16H2,(H,24,25). The molecule has 3 rings (SSSR count). The minimum atomic E-state index is -0.643. The molecule has 0 heterocycles. The number of aliphatic carboxylic acids is 1. The number of carbonyl (C=O) groups is 1. The third-order valence-electron chi connectivity index (χ3n) is 5.07. The molecule has 1 aliphatic rings. The van der Waals surface area contributed by atoms with Gasteiger partial charge in [0, 0.05) is 6.04 Å². The number of carboxylic acid groups (broad SMARTS) is 1. The third-order valence-corrected chi connectivity index (χ3v) is 5.07. The summed E-state index contributed by atoms with van der Waals surface area (Å²) in [6.45, 7) is 1.49. The summed E-state index contributed by atoms with van der Waals surface area (Å²) in [5.41, 5.74) is 2.42. The predicted molar refractivity (Wildman–Crippen MR) is 102 cm³/mol. The molecule has 4 nitrogen and oxygen atoms in total. The lowest BCUT2D eigenvalue weighted by Crippen LogP contribution is -2.36. The molecule has 2 aromatic carbocycles. The van der Waals surface area contributed by atoms with Crippen molar-refractivity contribution in [3.63, 3.8) is 0 Å². The molecule has 0 atom stereocenters. The van der Waals surface area contributed by atoms with Crippen LogP contribution in [-0.2, 0) is 17.8 Å².